The van der Waals surface area contributed by atoms with Gasteiger partial charge in [0, 0.05) is 37.3 Å². The van der Waals surface area contributed by atoms with Crippen molar-refractivity contribution in [3.63, 3.8) is 0 Å². The van der Waals surface area contributed by atoms with Gasteiger partial charge in [0.05, 0.1) is 34.8 Å². The highest BCUT2D eigenvalue weighted by molar-refractivity contribution is 9.11. The minimum absolute atomic E-state index is 0.0765. The summed E-state index contributed by atoms with van der Waals surface area (Å²) in [6, 6.07) is 10.6. The number of morpholine rings is 1. The van der Waals surface area contributed by atoms with Crippen LogP contribution >= 0.6 is 39.5 Å². The van der Waals surface area contributed by atoms with Crippen LogP contribution in [-0.2, 0) is 4.74 Å². The summed E-state index contributed by atoms with van der Waals surface area (Å²) >= 11 is 11.1. The van der Waals surface area contributed by atoms with E-state index in [1.165, 1.54) is 4.88 Å². The van der Waals surface area contributed by atoms with Crippen molar-refractivity contribution in [2.45, 2.75) is 18.5 Å². The minimum atomic E-state index is 0.0765. The van der Waals surface area contributed by atoms with Crippen LogP contribution in [0, 0.1) is 0 Å². The van der Waals surface area contributed by atoms with Crippen LogP contribution in [0.3, 0.4) is 0 Å². The van der Waals surface area contributed by atoms with Crippen molar-refractivity contribution in [2.24, 2.45) is 0 Å². The Balaban J connectivity index is 1.50. The van der Waals surface area contributed by atoms with Gasteiger partial charge in [-0.25, -0.2) is 0 Å². The first kappa shape index (κ1) is 19.3. The van der Waals surface area contributed by atoms with Crippen molar-refractivity contribution in [3.8, 4) is 0 Å². The number of hydrogen-bond donors (Lipinski definition) is 1. The Hall–Kier alpha value is -1.06. The molecule has 0 aromatic carbocycles. The Bertz CT molecular complexity index is 766. The van der Waals surface area contributed by atoms with Gasteiger partial charge in [0.15, 0.2) is 5.11 Å². The van der Waals surface area contributed by atoms with E-state index in [2.05, 4.69) is 54.2 Å². The van der Waals surface area contributed by atoms with Gasteiger partial charge < -0.3 is 15.0 Å². The quantitative estimate of drug-likeness (QED) is 0.655. The normalized spacial score (nSPS) is 23.6. The van der Waals surface area contributed by atoms with Gasteiger partial charge in [0.25, 0.3) is 0 Å². The van der Waals surface area contributed by atoms with Gasteiger partial charge >= 0.3 is 0 Å². The van der Waals surface area contributed by atoms with Crippen molar-refractivity contribution in [3.05, 3.63) is 50.9 Å². The number of aromatic nitrogens is 1. The van der Waals surface area contributed by atoms with Crippen LogP contribution in [0.15, 0.2) is 40.3 Å². The molecule has 2 aliphatic rings. The molecule has 2 aromatic rings. The summed E-state index contributed by atoms with van der Waals surface area (Å²) in [6.45, 7) is 5.76. The number of rotatable bonds is 6. The fourth-order valence-electron chi connectivity index (χ4n) is 3.73. The molecule has 0 amide bonds. The average molecular weight is 467 g/mol. The third kappa shape index (κ3) is 4.51. The van der Waals surface area contributed by atoms with Gasteiger partial charge in [-0.3, -0.25) is 9.88 Å². The number of thiocarbonyl (C=S) groups is 1. The van der Waals surface area contributed by atoms with Crippen molar-refractivity contribution >= 4 is 44.6 Å². The van der Waals surface area contributed by atoms with E-state index in [-0.39, 0.29) is 12.1 Å². The van der Waals surface area contributed by atoms with Crippen LogP contribution in [-0.4, -0.2) is 59.3 Å². The predicted molar refractivity (Wildman–Crippen MR) is 116 cm³/mol. The van der Waals surface area contributed by atoms with Crippen LogP contribution < -0.4 is 5.32 Å². The Kier molecular flexibility index (Phi) is 6.39. The molecule has 2 aromatic heterocycles. The highest BCUT2D eigenvalue weighted by atomic mass is 79.9. The van der Waals surface area contributed by atoms with Gasteiger partial charge in [0.2, 0.25) is 0 Å². The van der Waals surface area contributed by atoms with Crippen LogP contribution in [0.2, 0.25) is 0 Å². The largest absolute Gasteiger partial charge is 0.379 e. The summed E-state index contributed by atoms with van der Waals surface area (Å²) in [7, 11) is 0. The number of thiophene rings is 1. The van der Waals surface area contributed by atoms with Crippen LogP contribution in [0.5, 0.6) is 0 Å². The van der Waals surface area contributed by atoms with Crippen LogP contribution in [0.1, 0.15) is 29.1 Å². The fourth-order valence-corrected chi connectivity index (χ4v) is 5.64. The van der Waals surface area contributed by atoms with E-state index in [9.17, 15) is 0 Å². The molecule has 0 unspecified atom stereocenters. The molecule has 27 heavy (non-hydrogen) atoms. The summed E-state index contributed by atoms with van der Waals surface area (Å²) in [5.41, 5.74) is 1.03. The fraction of sp³-hybridized carbons (Fsp3) is 0.474. The molecule has 8 heteroatoms. The first-order chi connectivity index (χ1) is 13.2. The zero-order chi connectivity index (χ0) is 18.6. The SMILES string of the molecule is S=C1N[C@H](c2ccccn2)[C@H](c2ccc(Br)s2)N1CCCN1CCOCC1. The number of halogens is 1. The van der Waals surface area contributed by atoms with E-state index in [0.717, 1.165) is 60.4 Å². The second-order valence-electron chi connectivity index (χ2n) is 6.77. The highest BCUT2D eigenvalue weighted by Crippen LogP contribution is 2.42. The molecule has 4 heterocycles. The first-order valence-electron chi connectivity index (χ1n) is 9.26. The molecule has 0 radical (unpaired) electrons. The standard InChI is InChI=1S/C19H23BrN4OS2/c20-16-6-5-15(27-16)18-17(14-4-1-2-7-21-14)22-19(26)24(18)9-3-8-23-10-12-25-13-11-23/h1-2,4-7,17-18H,3,8-13H2,(H,22,26)/t17-,18+/m1/s1. The molecule has 5 nitrogen and oxygen atoms in total. The molecule has 4 rings (SSSR count). The van der Waals surface area contributed by atoms with E-state index in [4.69, 9.17) is 17.0 Å². The Labute approximate surface area is 177 Å². The number of pyridine rings is 1. The molecule has 144 valence electrons. The highest BCUT2D eigenvalue weighted by Gasteiger charge is 2.40. The average Bonchev–Trinajstić information content (AvgIpc) is 3.27. The maximum atomic E-state index is 5.72. The van der Waals surface area contributed by atoms with Gasteiger partial charge in [-0.15, -0.1) is 11.3 Å². The summed E-state index contributed by atoms with van der Waals surface area (Å²) in [6.07, 6.45) is 2.93. The lowest BCUT2D eigenvalue weighted by atomic mass is 10.0. The molecular formula is C19H23BrN4OS2. The predicted octanol–water partition coefficient (Wildman–Crippen LogP) is 3.60. The molecule has 1 N–H and O–H groups in total. The molecule has 0 spiro atoms. The number of hydrogen-bond acceptors (Lipinski definition) is 5. The summed E-state index contributed by atoms with van der Waals surface area (Å²) in [5.74, 6) is 0. The van der Waals surface area contributed by atoms with E-state index >= 15 is 0 Å². The number of ether oxygens (including phenoxy) is 1. The summed E-state index contributed by atoms with van der Waals surface area (Å²) < 4.78 is 6.59. The molecule has 0 saturated carbocycles. The lowest BCUT2D eigenvalue weighted by Gasteiger charge is -2.30. The topological polar surface area (TPSA) is 40.6 Å². The Morgan fingerprint density at radius 2 is 2.07 bits per heavy atom. The lowest BCUT2D eigenvalue weighted by Crippen LogP contribution is -2.38. The molecule has 2 saturated heterocycles. The van der Waals surface area contributed by atoms with E-state index in [0.29, 0.717) is 0 Å². The molecule has 0 bridgehead atoms. The molecule has 2 fully saturated rings. The summed E-state index contributed by atoms with van der Waals surface area (Å²) in [4.78, 5) is 10.7. The smallest absolute Gasteiger partial charge is 0.170 e. The van der Waals surface area contributed by atoms with Gasteiger partial charge in [0.1, 0.15) is 0 Å². The molecule has 2 aliphatic heterocycles. The molecule has 2 atom stereocenters. The third-order valence-corrected chi connectivity index (χ3v) is 7.11. The molecule has 0 aliphatic carbocycles. The number of nitrogens with zero attached hydrogens (tertiary/aromatic N) is 3. The van der Waals surface area contributed by atoms with Gasteiger partial charge in [-0.2, -0.15) is 0 Å². The van der Waals surface area contributed by atoms with Crippen LogP contribution in [0.25, 0.3) is 0 Å². The Morgan fingerprint density at radius 1 is 1.22 bits per heavy atom. The van der Waals surface area contributed by atoms with Gasteiger partial charge in [-0.1, -0.05) is 6.07 Å². The van der Waals surface area contributed by atoms with E-state index < -0.39 is 0 Å². The number of nitrogens with one attached hydrogen (secondary N) is 1. The maximum Gasteiger partial charge on any atom is 0.170 e. The maximum absolute atomic E-state index is 5.72. The zero-order valence-corrected chi connectivity index (χ0v) is 18.2. The third-order valence-electron chi connectivity index (χ3n) is 5.06. The second kappa shape index (κ2) is 8.96. The summed E-state index contributed by atoms with van der Waals surface area (Å²) in [5, 5.41) is 4.34. The van der Waals surface area contributed by atoms with E-state index in [1.54, 1.807) is 11.3 Å². The first-order valence-corrected chi connectivity index (χ1v) is 11.3. The minimum Gasteiger partial charge on any atom is -0.379 e. The van der Waals surface area contributed by atoms with Crippen molar-refractivity contribution in [2.75, 3.05) is 39.4 Å². The monoisotopic (exact) mass is 466 g/mol. The molecular weight excluding hydrogens is 444 g/mol. The van der Waals surface area contributed by atoms with Crippen molar-refractivity contribution in [1.82, 2.24) is 20.1 Å². The second-order valence-corrected chi connectivity index (χ2v) is 9.65. The van der Waals surface area contributed by atoms with Crippen molar-refractivity contribution < 1.29 is 4.74 Å². The Morgan fingerprint density at radius 3 is 2.78 bits per heavy atom. The zero-order valence-electron chi connectivity index (χ0n) is 15.0. The van der Waals surface area contributed by atoms with E-state index in [1.807, 2.05) is 18.3 Å². The van der Waals surface area contributed by atoms with Crippen molar-refractivity contribution in [1.29, 1.82) is 0 Å². The van der Waals surface area contributed by atoms with Crippen LogP contribution in [0.4, 0.5) is 0 Å². The van der Waals surface area contributed by atoms with Gasteiger partial charge in [-0.05, 0) is 58.8 Å². The lowest BCUT2D eigenvalue weighted by molar-refractivity contribution is 0.0366.